The van der Waals surface area contributed by atoms with Gasteiger partial charge in [-0.25, -0.2) is 0 Å². The van der Waals surface area contributed by atoms with E-state index >= 15 is 0 Å². The van der Waals surface area contributed by atoms with Crippen LogP contribution in [0.4, 0.5) is 0 Å². The summed E-state index contributed by atoms with van der Waals surface area (Å²) >= 11 is 0. The van der Waals surface area contributed by atoms with Crippen molar-refractivity contribution in [1.82, 2.24) is 0 Å². The summed E-state index contributed by atoms with van der Waals surface area (Å²) in [6, 6.07) is 0. The number of carbonyl (C=O) groups excluding carboxylic acids is 1. The minimum absolute atomic E-state index is 0.111. The van der Waals surface area contributed by atoms with E-state index in [0.717, 1.165) is 19.3 Å². The van der Waals surface area contributed by atoms with Gasteiger partial charge in [-0.15, -0.1) is 0 Å². The minimum atomic E-state index is -1.83. The van der Waals surface area contributed by atoms with Crippen LogP contribution in [-0.2, 0) is 9.22 Å². The number of allylic oxidation sites excluding steroid dienone is 1. The van der Waals surface area contributed by atoms with Crippen LogP contribution >= 0.6 is 0 Å². The molecular weight excluding hydrogens is 252 g/mol. The fourth-order valence-corrected chi connectivity index (χ4v) is 4.82. The lowest BCUT2D eigenvalue weighted by molar-refractivity contribution is -0.131. The van der Waals surface area contributed by atoms with Crippen LogP contribution in [0, 0.1) is 5.92 Å². The third kappa shape index (κ3) is 2.73. The summed E-state index contributed by atoms with van der Waals surface area (Å²) in [5, 5.41) is 0.202. The molecule has 0 amide bonds. The van der Waals surface area contributed by atoms with Gasteiger partial charge in [0.1, 0.15) is 0 Å². The van der Waals surface area contributed by atoms with Crippen molar-refractivity contribution in [2.45, 2.75) is 76.6 Å². The standard InChI is InChI=1S/C16H28O2Si/c1-15(2,3)19(4,5)18-16-11-7-6-9-13(16)14(17)10-8-12-16/h8,10,13H,6-7,9,11-12H2,1-5H3/t13-,16-/m1/s1. The Morgan fingerprint density at radius 3 is 2.63 bits per heavy atom. The topological polar surface area (TPSA) is 26.3 Å². The van der Waals surface area contributed by atoms with E-state index in [4.69, 9.17) is 4.43 Å². The number of rotatable bonds is 2. The predicted molar refractivity (Wildman–Crippen MR) is 81.7 cm³/mol. The molecule has 2 aliphatic carbocycles. The van der Waals surface area contributed by atoms with Crippen molar-refractivity contribution < 1.29 is 9.22 Å². The SMILES string of the molecule is CC(C)(C)[Si](C)(C)O[C@]12CC=CC(=O)[C@H]1CCCC2. The number of hydrogen-bond donors (Lipinski definition) is 0. The molecule has 1 fully saturated rings. The maximum Gasteiger partial charge on any atom is 0.192 e. The van der Waals surface area contributed by atoms with Crippen molar-refractivity contribution in [3.05, 3.63) is 12.2 Å². The monoisotopic (exact) mass is 280 g/mol. The Labute approximate surface area is 118 Å². The molecule has 1 saturated carbocycles. The minimum Gasteiger partial charge on any atom is -0.410 e. The van der Waals surface area contributed by atoms with E-state index < -0.39 is 8.32 Å². The molecule has 0 spiro atoms. The molecule has 0 aromatic carbocycles. The molecule has 0 aliphatic heterocycles. The number of hydrogen-bond acceptors (Lipinski definition) is 2. The first-order valence-electron chi connectivity index (χ1n) is 7.59. The molecule has 0 heterocycles. The van der Waals surface area contributed by atoms with Gasteiger partial charge in [-0.2, -0.15) is 0 Å². The molecule has 2 rings (SSSR count). The van der Waals surface area contributed by atoms with Gasteiger partial charge in [0.2, 0.25) is 0 Å². The third-order valence-corrected chi connectivity index (χ3v) is 9.86. The third-order valence-electron chi connectivity index (χ3n) is 5.33. The fourth-order valence-electron chi connectivity index (χ4n) is 3.17. The zero-order valence-electron chi connectivity index (χ0n) is 13.1. The first-order valence-corrected chi connectivity index (χ1v) is 10.5. The Kier molecular flexibility index (Phi) is 3.82. The number of fused-ring (bicyclic) bond motifs is 1. The van der Waals surface area contributed by atoms with E-state index in [0.29, 0.717) is 5.78 Å². The maximum atomic E-state index is 12.2. The highest BCUT2D eigenvalue weighted by Crippen LogP contribution is 2.48. The van der Waals surface area contributed by atoms with Gasteiger partial charge in [0.25, 0.3) is 0 Å². The zero-order chi connectivity index (χ0) is 14.3. The lowest BCUT2D eigenvalue weighted by Crippen LogP contribution is -2.56. The van der Waals surface area contributed by atoms with Crippen LogP contribution < -0.4 is 0 Å². The van der Waals surface area contributed by atoms with Gasteiger partial charge in [0.15, 0.2) is 14.1 Å². The summed E-state index contributed by atoms with van der Waals surface area (Å²) in [6.45, 7) is 11.4. The first-order chi connectivity index (χ1) is 8.68. The van der Waals surface area contributed by atoms with Crippen molar-refractivity contribution >= 4 is 14.1 Å². The van der Waals surface area contributed by atoms with Gasteiger partial charge in [0, 0.05) is 5.92 Å². The predicted octanol–water partition coefficient (Wildman–Crippen LogP) is 4.47. The van der Waals surface area contributed by atoms with Gasteiger partial charge in [0.05, 0.1) is 5.60 Å². The molecule has 2 aliphatic rings. The first kappa shape index (κ1) is 15.0. The molecule has 0 saturated heterocycles. The quantitative estimate of drug-likeness (QED) is 0.698. The summed E-state index contributed by atoms with van der Waals surface area (Å²) in [5.41, 5.74) is -0.187. The van der Waals surface area contributed by atoms with Crippen molar-refractivity contribution in [2.24, 2.45) is 5.92 Å². The second-order valence-corrected chi connectivity index (χ2v) is 12.5. The molecule has 2 atom stereocenters. The molecule has 0 N–H and O–H groups in total. The Balaban J connectivity index is 2.29. The number of carbonyl (C=O) groups is 1. The lowest BCUT2D eigenvalue weighted by Gasteiger charge is -2.51. The van der Waals surface area contributed by atoms with E-state index in [1.807, 2.05) is 6.08 Å². The van der Waals surface area contributed by atoms with Crippen LogP contribution in [0.25, 0.3) is 0 Å². The summed E-state index contributed by atoms with van der Waals surface area (Å²) in [5.74, 6) is 0.407. The smallest absolute Gasteiger partial charge is 0.192 e. The molecule has 0 aromatic heterocycles. The van der Waals surface area contributed by atoms with E-state index in [2.05, 4.69) is 33.9 Å². The van der Waals surface area contributed by atoms with E-state index in [-0.39, 0.29) is 16.6 Å². The fraction of sp³-hybridized carbons (Fsp3) is 0.812. The Hall–Kier alpha value is -0.413. The summed E-state index contributed by atoms with van der Waals surface area (Å²) < 4.78 is 6.77. The van der Waals surface area contributed by atoms with Crippen molar-refractivity contribution in [3.63, 3.8) is 0 Å². The van der Waals surface area contributed by atoms with E-state index in [1.54, 1.807) is 6.08 Å². The van der Waals surface area contributed by atoms with Gasteiger partial charge in [-0.05, 0) is 43.5 Å². The van der Waals surface area contributed by atoms with Crippen LogP contribution in [0.15, 0.2) is 12.2 Å². The van der Waals surface area contributed by atoms with Gasteiger partial charge < -0.3 is 4.43 Å². The summed E-state index contributed by atoms with van der Waals surface area (Å²) in [7, 11) is -1.83. The van der Waals surface area contributed by atoms with Crippen LogP contribution in [0.2, 0.25) is 18.1 Å². The average molecular weight is 280 g/mol. The zero-order valence-corrected chi connectivity index (χ0v) is 14.1. The molecule has 108 valence electrons. The normalized spacial score (nSPS) is 32.3. The second-order valence-electron chi connectivity index (χ2n) is 7.73. The molecule has 0 unspecified atom stereocenters. The van der Waals surface area contributed by atoms with E-state index in [1.165, 1.54) is 12.8 Å². The molecule has 0 aromatic rings. The van der Waals surface area contributed by atoms with Gasteiger partial charge in [-0.3, -0.25) is 4.79 Å². The van der Waals surface area contributed by atoms with Crippen LogP contribution in [0.3, 0.4) is 0 Å². The van der Waals surface area contributed by atoms with Crippen molar-refractivity contribution in [2.75, 3.05) is 0 Å². The highest BCUT2D eigenvalue weighted by atomic mass is 28.4. The van der Waals surface area contributed by atoms with Crippen molar-refractivity contribution in [3.8, 4) is 0 Å². The molecule has 2 nitrogen and oxygen atoms in total. The highest BCUT2D eigenvalue weighted by Gasteiger charge is 2.51. The van der Waals surface area contributed by atoms with Gasteiger partial charge in [-0.1, -0.05) is 39.7 Å². The summed E-state index contributed by atoms with van der Waals surface area (Å²) in [6.07, 6.45) is 9.19. The second kappa shape index (κ2) is 4.85. The van der Waals surface area contributed by atoms with Crippen LogP contribution in [0.1, 0.15) is 52.9 Å². The Morgan fingerprint density at radius 1 is 1.32 bits per heavy atom. The molecule has 3 heteroatoms. The highest BCUT2D eigenvalue weighted by molar-refractivity contribution is 6.74. The Morgan fingerprint density at radius 2 is 2.00 bits per heavy atom. The molecule has 19 heavy (non-hydrogen) atoms. The molecular formula is C16H28O2Si. The van der Waals surface area contributed by atoms with Crippen LogP contribution in [-0.4, -0.2) is 19.7 Å². The summed E-state index contributed by atoms with van der Waals surface area (Å²) in [4.78, 5) is 12.2. The van der Waals surface area contributed by atoms with Crippen LogP contribution in [0.5, 0.6) is 0 Å². The van der Waals surface area contributed by atoms with E-state index in [9.17, 15) is 4.79 Å². The average Bonchev–Trinajstić information content (AvgIpc) is 2.27. The van der Waals surface area contributed by atoms with Crippen molar-refractivity contribution in [1.29, 1.82) is 0 Å². The molecule has 0 bridgehead atoms. The lowest BCUT2D eigenvalue weighted by atomic mass is 9.69. The number of ketones is 1. The van der Waals surface area contributed by atoms with Gasteiger partial charge >= 0.3 is 0 Å². The Bertz CT molecular complexity index is 392. The molecule has 0 radical (unpaired) electrons. The maximum absolute atomic E-state index is 12.2. The largest absolute Gasteiger partial charge is 0.410 e.